The first-order valence-electron chi connectivity index (χ1n) is 7.42. The first-order valence-corrected chi connectivity index (χ1v) is 7.42. The summed E-state index contributed by atoms with van der Waals surface area (Å²) >= 11 is 0. The molecule has 0 aromatic rings. The molecule has 1 saturated heterocycles. The van der Waals surface area contributed by atoms with E-state index in [1.54, 1.807) is 0 Å². The zero-order valence-electron chi connectivity index (χ0n) is 12.0. The molecule has 2 aliphatic rings. The van der Waals surface area contributed by atoms with Gasteiger partial charge in [-0.15, -0.1) is 0 Å². The SMILES string of the molecule is CC(C)C1CCCC2(C1)OCCNC2C(C)C. The van der Waals surface area contributed by atoms with Crippen LogP contribution < -0.4 is 5.32 Å². The second-order valence-corrected chi connectivity index (χ2v) is 6.69. The van der Waals surface area contributed by atoms with Gasteiger partial charge in [-0.25, -0.2) is 0 Å². The number of hydrogen-bond acceptors (Lipinski definition) is 2. The predicted octanol–water partition coefficient (Wildman–Crippen LogP) is 3.22. The molecule has 100 valence electrons. The highest BCUT2D eigenvalue weighted by molar-refractivity contribution is 5.01. The van der Waals surface area contributed by atoms with E-state index in [9.17, 15) is 0 Å². The smallest absolute Gasteiger partial charge is 0.0840 e. The lowest BCUT2D eigenvalue weighted by atomic mass is 9.68. The Balaban J connectivity index is 2.13. The highest BCUT2D eigenvalue weighted by atomic mass is 16.5. The third-order valence-electron chi connectivity index (χ3n) is 4.81. The van der Waals surface area contributed by atoms with E-state index in [1.807, 2.05) is 0 Å². The standard InChI is InChI=1S/C15H29NO/c1-11(2)13-6-5-7-15(10-13)14(12(3)4)16-8-9-17-15/h11-14,16H,5-10H2,1-4H3. The van der Waals surface area contributed by atoms with E-state index in [4.69, 9.17) is 4.74 Å². The maximum Gasteiger partial charge on any atom is 0.0840 e. The van der Waals surface area contributed by atoms with Crippen LogP contribution in [0, 0.1) is 17.8 Å². The van der Waals surface area contributed by atoms with Crippen molar-refractivity contribution in [3.05, 3.63) is 0 Å². The van der Waals surface area contributed by atoms with E-state index < -0.39 is 0 Å². The Labute approximate surface area is 107 Å². The Bertz CT molecular complexity index is 247. The van der Waals surface area contributed by atoms with Crippen molar-refractivity contribution in [3.63, 3.8) is 0 Å². The Hall–Kier alpha value is -0.0800. The van der Waals surface area contributed by atoms with E-state index >= 15 is 0 Å². The lowest BCUT2D eigenvalue weighted by molar-refractivity contribution is -0.140. The van der Waals surface area contributed by atoms with Crippen molar-refractivity contribution in [2.45, 2.75) is 65.0 Å². The Morgan fingerprint density at radius 2 is 1.94 bits per heavy atom. The molecule has 17 heavy (non-hydrogen) atoms. The van der Waals surface area contributed by atoms with E-state index in [0.717, 1.165) is 25.0 Å². The zero-order chi connectivity index (χ0) is 12.5. The van der Waals surface area contributed by atoms with E-state index in [-0.39, 0.29) is 5.60 Å². The summed E-state index contributed by atoms with van der Waals surface area (Å²) in [6.07, 6.45) is 5.26. The fourth-order valence-corrected chi connectivity index (χ4v) is 3.88. The molecule has 0 aromatic carbocycles. The number of nitrogens with one attached hydrogen (secondary N) is 1. The molecule has 2 nitrogen and oxygen atoms in total. The minimum atomic E-state index is 0.138. The van der Waals surface area contributed by atoms with Gasteiger partial charge in [0.2, 0.25) is 0 Å². The van der Waals surface area contributed by atoms with Gasteiger partial charge in [-0.1, -0.05) is 34.1 Å². The van der Waals surface area contributed by atoms with Gasteiger partial charge >= 0.3 is 0 Å². The topological polar surface area (TPSA) is 21.3 Å². The van der Waals surface area contributed by atoms with Gasteiger partial charge in [-0.05, 0) is 37.0 Å². The van der Waals surface area contributed by atoms with Crippen molar-refractivity contribution < 1.29 is 4.74 Å². The average molecular weight is 239 g/mol. The second-order valence-electron chi connectivity index (χ2n) is 6.69. The highest BCUT2D eigenvalue weighted by Crippen LogP contribution is 2.43. The van der Waals surface area contributed by atoms with Crippen LogP contribution in [-0.4, -0.2) is 24.8 Å². The summed E-state index contributed by atoms with van der Waals surface area (Å²) in [5.41, 5.74) is 0.138. The summed E-state index contributed by atoms with van der Waals surface area (Å²) < 4.78 is 6.30. The maximum atomic E-state index is 6.30. The molecule has 1 heterocycles. The summed E-state index contributed by atoms with van der Waals surface area (Å²) in [7, 11) is 0. The summed E-state index contributed by atoms with van der Waals surface area (Å²) in [4.78, 5) is 0. The van der Waals surface area contributed by atoms with Gasteiger partial charge in [-0.3, -0.25) is 0 Å². The van der Waals surface area contributed by atoms with Crippen LogP contribution in [0.1, 0.15) is 53.4 Å². The largest absolute Gasteiger partial charge is 0.372 e. The molecule has 3 atom stereocenters. The lowest BCUT2D eigenvalue weighted by Crippen LogP contribution is -2.62. The van der Waals surface area contributed by atoms with Crippen molar-refractivity contribution >= 4 is 0 Å². The molecule has 1 saturated carbocycles. The molecular weight excluding hydrogens is 210 g/mol. The molecule has 2 fully saturated rings. The van der Waals surface area contributed by atoms with Crippen LogP contribution in [0.5, 0.6) is 0 Å². The molecule has 2 rings (SSSR count). The van der Waals surface area contributed by atoms with Crippen molar-refractivity contribution in [2.24, 2.45) is 17.8 Å². The average Bonchev–Trinajstić information content (AvgIpc) is 2.29. The van der Waals surface area contributed by atoms with Gasteiger partial charge in [0.05, 0.1) is 12.2 Å². The van der Waals surface area contributed by atoms with Gasteiger partial charge in [0.1, 0.15) is 0 Å². The minimum absolute atomic E-state index is 0.138. The molecule has 0 bridgehead atoms. The van der Waals surface area contributed by atoms with Crippen LogP contribution in [0.3, 0.4) is 0 Å². The van der Waals surface area contributed by atoms with Gasteiger partial charge < -0.3 is 10.1 Å². The number of ether oxygens (including phenoxy) is 1. The third-order valence-corrected chi connectivity index (χ3v) is 4.81. The minimum Gasteiger partial charge on any atom is -0.372 e. The van der Waals surface area contributed by atoms with Crippen LogP contribution in [0.15, 0.2) is 0 Å². The summed E-state index contributed by atoms with van der Waals surface area (Å²) in [6, 6.07) is 0.554. The second kappa shape index (κ2) is 5.27. The van der Waals surface area contributed by atoms with Crippen LogP contribution in [-0.2, 0) is 4.74 Å². The summed E-state index contributed by atoms with van der Waals surface area (Å²) in [6.45, 7) is 11.3. The van der Waals surface area contributed by atoms with Crippen LogP contribution >= 0.6 is 0 Å². The van der Waals surface area contributed by atoms with Gasteiger partial charge in [0.25, 0.3) is 0 Å². The Morgan fingerprint density at radius 1 is 1.18 bits per heavy atom. The monoisotopic (exact) mass is 239 g/mol. The number of rotatable bonds is 2. The van der Waals surface area contributed by atoms with Crippen molar-refractivity contribution in [3.8, 4) is 0 Å². The fraction of sp³-hybridized carbons (Fsp3) is 1.00. The number of morpholine rings is 1. The number of hydrogen-bond donors (Lipinski definition) is 1. The fourth-order valence-electron chi connectivity index (χ4n) is 3.88. The van der Waals surface area contributed by atoms with Crippen molar-refractivity contribution in [2.75, 3.05) is 13.2 Å². The predicted molar refractivity (Wildman–Crippen MR) is 72.1 cm³/mol. The van der Waals surface area contributed by atoms with Gasteiger partial charge in [0, 0.05) is 12.6 Å². The molecule has 0 aromatic heterocycles. The highest BCUT2D eigenvalue weighted by Gasteiger charge is 2.46. The normalized spacial score (nSPS) is 39.2. The maximum absolute atomic E-state index is 6.30. The Morgan fingerprint density at radius 3 is 2.59 bits per heavy atom. The summed E-state index contributed by atoms with van der Waals surface area (Å²) in [5.74, 6) is 2.32. The molecule has 3 unspecified atom stereocenters. The lowest BCUT2D eigenvalue weighted by Gasteiger charge is -2.51. The van der Waals surface area contributed by atoms with Crippen LogP contribution in [0.25, 0.3) is 0 Å². The molecule has 0 radical (unpaired) electrons. The van der Waals surface area contributed by atoms with E-state index in [0.29, 0.717) is 12.0 Å². The zero-order valence-corrected chi connectivity index (χ0v) is 12.0. The first-order chi connectivity index (χ1) is 8.05. The molecule has 1 spiro atoms. The quantitative estimate of drug-likeness (QED) is 0.799. The molecule has 1 aliphatic heterocycles. The molecule has 0 amide bonds. The van der Waals surface area contributed by atoms with E-state index in [1.165, 1.54) is 25.7 Å². The molecule has 1 aliphatic carbocycles. The first kappa shape index (κ1) is 13.4. The Kier molecular flexibility index (Phi) is 4.14. The van der Waals surface area contributed by atoms with Crippen LogP contribution in [0.2, 0.25) is 0 Å². The molecule has 2 heteroatoms. The third kappa shape index (κ3) is 2.68. The van der Waals surface area contributed by atoms with E-state index in [2.05, 4.69) is 33.0 Å². The van der Waals surface area contributed by atoms with Gasteiger partial charge in [-0.2, -0.15) is 0 Å². The molecular formula is C15H29NO. The van der Waals surface area contributed by atoms with Gasteiger partial charge in [0.15, 0.2) is 0 Å². The summed E-state index contributed by atoms with van der Waals surface area (Å²) in [5, 5.41) is 3.71. The van der Waals surface area contributed by atoms with Crippen molar-refractivity contribution in [1.29, 1.82) is 0 Å². The van der Waals surface area contributed by atoms with Crippen molar-refractivity contribution in [1.82, 2.24) is 5.32 Å². The molecule has 1 N–H and O–H groups in total. The van der Waals surface area contributed by atoms with Crippen LogP contribution in [0.4, 0.5) is 0 Å².